The number of unbranched alkanes of at least 4 members (excludes halogenated alkanes) is 19. The number of esters is 3. The van der Waals surface area contributed by atoms with Crippen LogP contribution in [0.3, 0.4) is 0 Å². The monoisotopic (exact) mass is 925 g/mol. The molecule has 0 aliphatic heterocycles. The normalized spacial score (nSPS) is 13.2. The molecule has 6 nitrogen and oxygen atoms in total. The summed E-state index contributed by atoms with van der Waals surface area (Å²) in [5.41, 5.74) is 0. The zero-order valence-corrected chi connectivity index (χ0v) is 42.9. The molecule has 0 bridgehead atoms. The lowest BCUT2D eigenvalue weighted by Crippen LogP contribution is -2.30. The molecule has 0 aliphatic carbocycles. The molecule has 1 atom stereocenters. The minimum Gasteiger partial charge on any atom is -0.462 e. The van der Waals surface area contributed by atoms with Crippen LogP contribution in [-0.4, -0.2) is 37.2 Å². The number of carbonyl (C=O) groups is 3. The van der Waals surface area contributed by atoms with Crippen LogP contribution in [0.25, 0.3) is 0 Å². The molecule has 0 fully saturated rings. The van der Waals surface area contributed by atoms with Gasteiger partial charge in [-0.2, -0.15) is 0 Å². The van der Waals surface area contributed by atoms with E-state index in [1.54, 1.807) is 0 Å². The summed E-state index contributed by atoms with van der Waals surface area (Å²) in [6.07, 6.45) is 75.8. The summed E-state index contributed by atoms with van der Waals surface area (Å²) in [5, 5.41) is 0. The summed E-state index contributed by atoms with van der Waals surface area (Å²) in [7, 11) is 0. The van der Waals surface area contributed by atoms with Gasteiger partial charge < -0.3 is 14.2 Å². The first-order valence-corrected chi connectivity index (χ1v) is 26.8. The summed E-state index contributed by atoms with van der Waals surface area (Å²) in [6.45, 7) is 6.35. The van der Waals surface area contributed by atoms with Crippen molar-refractivity contribution in [1.29, 1.82) is 0 Å². The first-order valence-electron chi connectivity index (χ1n) is 26.8. The minimum atomic E-state index is -0.833. The van der Waals surface area contributed by atoms with Gasteiger partial charge in [0.05, 0.1) is 0 Å². The van der Waals surface area contributed by atoms with Gasteiger partial charge in [0.1, 0.15) is 13.2 Å². The molecule has 0 aromatic heterocycles. The fourth-order valence-corrected chi connectivity index (χ4v) is 6.77. The highest BCUT2D eigenvalue weighted by atomic mass is 16.6. The van der Waals surface area contributed by atoms with Crippen LogP contribution in [0, 0.1) is 0 Å². The van der Waals surface area contributed by atoms with Crippen molar-refractivity contribution in [3.8, 4) is 0 Å². The molecular weight excluding hydrogens is 829 g/mol. The maximum absolute atomic E-state index is 12.8. The maximum Gasteiger partial charge on any atom is 0.306 e. The SMILES string of the molecule is CC\C=C/C=C\C=C/C=C\C=C\C=C/CCCCCC(=O)OCC(COC(=O)CCCCCCCC/C=C\C=C/CCCCC)OC(=O)CCC/C=C\C/C=C\C/C=C\CCCCCCCC. The quantitative estimate of drug-likeness (QED) is 0.0199. The van der Waals surface area contributed by atoms with E-state index in [0.29, 0.717) is 19.3 Å². The van der Waals surface area contributed by atoms with E-state index in [0.717, 1.165) is 83.5 Å². The first kappa shape index (κ1) is 62.5. The van der Waals surface area contributed by atoms with Crippen molar-refractivity contribution in [3.05, 3.63) is 134 Å². The zero-order chi connectivity index (χ0) is 48.6. The van der Waals surface area contributed by atoms with E-state index in [9.17, 15) is 14.4 Å². The van der Waals surface area contributed by atoms with Gasteiger partial charge in [-0.05, 0) is 96.3 Å². The third-order valence-electron chi connectivity index (χ3n) is 10.8. The first-order chi connectivity index (χ1) is 33.0. The summed E-state index contributed by atoms with van der Waals surface area (Å²) in [6, 6.07) is 0. The molecule has 0 saturated carbocycles. The third kappa shape index (κ3) is 52.4. The smallest absolute Gasteiger partial charge is 0.306 e. The van der Waals surface area contributed by atoms with Crippen LogP contribution in [0.1, 0.15) is 213 Å². The Kier molecular flexibility index (Phi) is 50.6. The van der Waals surface area contributed by atoms with Crippen LogP contribution in [0.2, 0.25) is 0 Å². The van der Waals surface area contributed by atoms with Crippen molar-refractivity contribution >= 4 is 17.9 Å². The average molecular weight is 925 g/mol. The third-order valence-corrected chi connectivity index (χ3v) is 10.8. The average Bonchev–Trinajstić information content (AvgIpc) is 3.33. The van der Waals surface area contributed by atoms with Crippen LogP contribution < -0.4 is 0 Å². The lowest BCUT2D eigenvalue weighted by atomic mass is 10.1. The molecule has 67 heavy (non-hydrogen) atoms. The number of ether oxygens (including phenoxy) is 3. The molecule has 0 heterocycles. The van der Waals surface area contributed by atoms with Gasteiger partial charge in [-0.3, -0.25) is 14.4 Å². The standard InChI is InChI=1S/C61H96O6/c1-4-7-10-13-16-19-22-25-28-30-33-36-39-42-45-48-51-54-60(63)66-57-58(56-65-59(62)53-50-47-44-41-38-35-32-27-24-21-18-15-12-9-6-3)67-61(64)55-52-49-46-43-40-37-34-31-29-26-23-20-17-14-11-8-5-2/h7,10,13,16,18-19,21-22,24-30,33-34,36-37,39,43,46,58H,4-6,8-9,11-12,14-15,17,20,23,31-32,35,38,40-42,44-45,47-57H2,1-3H3/b10-7-,16-13-,21-18-,22-19-,27-24-,28-25-,29-26-,33-30+,37-34-,39-36-,46-43-. The van der Waals surface area contributed by atoms with Gasteiger partial charge in [-0.25, -0.2) is 0 Å². The van der Waals surface area contributed by atoms with Crippen molar-refractivity contribution in [2.75, 3.05) is 13.2 Å². The summed E-state index contributed by atoms with van der Waals surface area (Å²) in [4.78, 5) is 38.0. The predicted molar refractivity (Wildman–Crippen MR) is 288 cm³/mol. The highest BCUT2D eigenvalue weighted by Gasteiger charge is 2.19. The summed E-state index contributed by atoms with van der Waals surface area (Å²) in [5.74, 6) is -1.04. The van der Waals surface area contributed by atoms with Crippen molar-refractivity contribution in [1.82, 2.24) is 0 Å². The van der Waals surface area contributed by atoms with Crippen LogP contribution >= 0.6 is 0 Å². The van der Waals surface area contributed by atoms with Gasteiger partial charge >= 0.3 is 17.9 Å². The van der Waals surface area contributed by atoms with Crippen molar-refractivity contribution < 1.29 is 28.6 Å². The van der Waals surface area contributed by atoms with Gasteiger partial charge in [0.15, 0.2) is 6.10 Å². The van der Waals surface area contributed by atoms with E-state index in [4.69, 9.17) is 14.2 Å². The summed E-state index contributed by atoms with van der Waals surface area (Å²) < 4.78 is 16.7. The van der Waals surface area contributed by atoms with Crippen LogP contribution in [-0.2, 0) is 28.6 Å². The Morgan fingerprint density at radius 2 is 0.657 bits per heavy atom. The molecule has 0 N–H and O–H groups in total. The lowest BCUT2D eigenvalue weighted by molar-refractivity contribution is -0.167. The van der Waals surface area contributed by atoms with E-state index in [1.165, 1.54) is 77.0 Å². The van der Waals surface area contributed by atoms with E-state index in [-0.39, 0.29) is 44.0 Å². The van der Waals surface area contributed by atoms with Crippen molar-refractivity contribution in [3.63, 3.8) is 0 Å². The highest BCUT2D eigenvalue weighted by molar-refractivity contribution is 5.71. The van der Waals surface area contributed by atoms with E-state index >= 15 is 0 Å². The molecule has 0 amide bonds. The molecule has 0 radical (unpaired) electrons. The number of rotatable bonds is 46. The van der Waals surface area contributed by atoms with Gasteiger partial charge in [0.2, 0.25) is 0 Å². The molecule has 0 aromatic carbocycles. The number of carbonyl (C=O) groups excluding carboxylic acids is 3. The van der Waals surface area contributed by atoms with Crippen LogP contribution in [0.4, 0.5) is 0 Å². The molecule has 0 rings (SSSR count). The molecule has 0 spiro atoms. The number of hydrogen-bond acceptors (Lipinski definition) is 6. The molecule has 376 valence electrons. The molecule has 0 aliphatic rings. The molecule has 6 heteroatoms. The Hall–Kier alpha value is -4.45. The zero-order valence-electron chi connectivity index (χ0n) is 42.9. The molecule has 1 unspecified atom stereocenters. The molecule has 0 saturated heterocycles. The van der Waals surface area contributed by atoms with E-state index < -0.39 is 6.10 Å². The Balaban J connectivity index is 4.61. The lowest BCUT2D eigenvalue weighted by Gasteiger charge is -2.18. The van der Waals surface area contributed by atoms with Gasteiger partial charge in [-0.1, -0.05) is 231 Å². The Morgan fingerprint density at radius 3 is 1.15 bits per heavy atom. The van der Waals surface area contributed by atoms with Crippen molar-refractivity contribution in [2.45, 2.75) is 219 Å². The number of allylic oxidation sites excluding steroid dienone is 22. The van der Waals surface area contributed by atoms with Gasteiger partial charge in [-0.15, -0.1) is 0 Å². The minimum absolute atomic E-state index is 0.124. The Bertz CT molecular complexity index is 1480. The second kappa shape index (κ2) is 54.2. The molecular formula is C61H96O6. The van der Waals surface area contributed by atoms with Gasteiger partial charge in [0, 0.05) is 19.3 Å². The van der Waals surface area contributed by atoms with E-state index in [1.807, 2.05) is 60.8 Å². The topological polar surface area (TPSA) is 78.9 Å². The fraction of sp³-hybridized carbons (Fsp3) is 0.590. The fourth-order valence-electron chi connectivity index (χ4n) is 6.77. The van der Waals surface area contributed by atoms with Gasteiger partial charge in [0.25, 0.3) is 0 Å². The highest BCUT2D eigenvalue weighted by Crippen LogP contribution is 2.12. The van der Waals surface area contributed by atoms with E-state index in [2.05, 4.69) is 93.7 Å². The summed E-state index contributed by atoms with van der Waals surface area (Å²) >= 11 is 0. The van der Waals surface area contributed by atoms with Crippen molar-refractivity contribution in [2.24, 2.45) is 0 Å². The van der Waals surface area contributed by atoms with Crippen LogP contribution in [0.15, 0.2) is 134 Å². The largest absolute Gasteiger partial charge is 0.462 e. The second-order valence-electron chi connectivity index (χ2n) is 17.2. The Labute approximate surface area is 411 Å². The predicted octanol–water partition coefficient (Wildman–Crippen LogP) is 17.9. The Morgan fingerprint density at radius 1 is 0.328 bits per heavy atom. The maximum atomic E-state index is 12.8. The number of hydrogen-bond donors (Lipinski definition) is 0. The second-order valence-corrected chi connectivity index (χ2v) is 17.2. The van der Waals surface area contributed by atoms with Crippen LogP contribution in [0.5, 0.6) is 0 Å². The molecule has 0 aromatic rings.